The molecule has 34 heavy (non-hydrogen) atoms. The molecule has 4 heterocycles. The maximum Gasteiger partial charge on any atom is 0.275 e. The lowest BCUT2D eigenvalue weighted by Crippen LogP contribution is -2.35. The zero-order valence-corrected chi connectivity index (χ0v) is 18.5. The lowest BCUT2D eigenvalue weighted by Gasteiger charge is -2.26. The molecule has 0 radical (unpaired) electrons. The van der Waals surface area contributed by atoms with Gasteiger partial charge in [-0.2, -0.15) is 10.1 Å². The topological polar surface area (TPSA) is 107 Å². The van der Waals surface area contributed by atoms with Crippen molar-refractivity contribution in [3.8, 4) is 28.4 Å². The molecule has 2 aromatic carbocycles. The summed E-state index contributed by atoms with van der Waals surface area (Å²) in [6, 6.07) is 17.5. The van der Waals surface area contributed by atoms with Gasteiger partial charge in [0.2, 0.25) is 5.95 Å². The molecule has 0 bridgehead atoms. The van der Waals surface area contributed by atoms with E-state index >= 15 is 0 Å². The number of H-pyrrole nitrogens is 1. The van der Waals surface area contributed by atoms with Gasteiger partial charge in [0.05, 0.1) is 17.5 Å². The van der Waals surface area contributed by atoms with Gasteiger partial charge in [0.1, 0.15) is 18.4 Å². The third-order valence-electron chi connectivity index (χ3n) is 5.93. The molecule has 1 aromatic heterocycles. The van der Waals surface area contributed by atoms with Gasteiger partial charge in [-0.3, -0.25) is 9.36 Å². The van der Waals surface area contributed by atoms with Gasteiger partial charge in [0.25, 0.3) is 5.56 Å². The molecule has 0 spiro atoms. The van der Waals surface area contributed by atoms with Gasteiger partial charge in [-0.15, -0.1) is 0 Å². The van der Waals surface area contributed by atoms with Crippen LogP contribution in [0.5, 0.6) is 11.5 Å². The normalized spacial score (nSPS) is 15.0. The standard InChI is InChI=1S/C25H22N6O3/c1-2-18-21-22(29-30-24(21)32)17-13-27-25(28-23(17)31(18)15-8-4-3-5-9-15)26-12-16-14-33-19-10-6-7-11-20(19)34-16/h3-11,13,16H,2,12,14H2,1H3,(H,30,32)(H,26,27,28)/t16-/m0/s1. The minimum Gasteiger partial charge on any atom is -0.486 e. The van der Waals surface area contributed by atoms with Gasteiger partial charge >= 0.3 is 0 Å². The first-order valence-electron chi connectivity index (χ1n) is 11.2. The molecule has 1 atom stereocenters. The Morgan fingerprint density at radius 1 is 1.12 bits per heavy atom. The van der Waals surface area contributed by atoms with Crippen LogP contribution in [0.2, 0.25) is 0 Å². The molecule has 0 unspecified atom stereocenters. The first-order chi connectivity index (χ1) is 16.7. The van der Waals surface area contributed by atoms with Crippen LogP contribution in [0, 0.1) is 0 Å². The van der Waals surface area contributed by atoms with E-state index in [9.17, 15) is 4.79 Å². The minimum absolute atomic E-state index is 0.182. The second-order valence-corrected chi connectivity index (χ2v) is 8.06. The highest BCUT2D eigenvalue weighted by Gasteiger charge is 2.25. The summed E-state index contributed by atoms with van der Waals surface area (Å²) >= 11 is 0. The smallest absolute Gasteiger partial charge is 0.275 e. The number of nitrogens with one attached hydrogen (secondary N) is 2. The van der Waals surface area contributed by atoms with E-state index in [1.165, 1.54) is 0 Å². The molecule has 0 saturated carbocycles. The first-order valence-corrected chi connectivity index (χ1v) is 11.2. The van der Waals surface area contributed by atoms with E-state index < -0.39 is 0 Å². The van der Waals surface area contributed by atoms with Crippen molar-refractivity contribution in [2.75, 3.05) is 18.5 Å². The largest absolute Gasteiger partial charge is 0.486 e. The van der Waals surface area contributed by atoms with Crippen LogP contribution in [0.1, 0.15) is 12.6 Å². The molecular weight excluding hydrogens is 432 g/mol. The highest BCUT2D eigenvalue weighted by molar-refractivity contribution is 5.94. The van der Waals surface area contributed by atoms with E-state index in [1.807, 2.05) is 66.1 Å². The van der Waals surface area contributed by atoms with Crippen molar-refractivity contribution in [3.63, 3.8) is 0 Å². The summed E-state index contributed by atoms with van der Waals surface area (Å²) in [5.74, 6) is 1.93. The zero-order valence-electron chi connectivity index (χ0n) is 18.5. The molecule has 6 rings (SSSR count). The molecule has 0 fully saturated rings. The molecule has 170 valence electrons. The third kappa shape index (κ3) is 3.33. The van der Waals surface area contributed by atoms with Crippen molar-refractivity contribution >= 4 is 17.0 Å². The van der Waals surface area contributed by atoms with Crippen LogP contribution in [0.15, 0.2) is 65.6 Å². The number of benzene rings is 2. The van der Waals surface area contributed by atoms with Crippen LogP contribution in [0.25, 0.3) is 28.0 Å². The maximum absolute atomic E-state index is 12.6. The number of rotatable bonds is 5. The number of pyridine rings is 1. The average Bonchev–Trinajstić information content (AvgIpc) is 3.28. The Morgan fingerprint density at radius 2 is 1.91 bits per heavy atom. The molecule has 0 saturated heterocycles. The fraction of sp³-hybridized carbons (Fsp3) is 0.200. The van der Waals surface area contributed by atoms with E-state index in [0.29, 0.717) is 47.8 Å². The summed E-state index contributed by atoms with van der Waals surface area (Å²) in [5.41, 5.74) is 3.36. The molecule has 2 N–H and O–H groups in total. The van der Waals surface area contributed by atoms with E-state index in [2.05, 4.69) is 20.5 Å². The predicted molar refractivity (Wildman–Crippen MR) is 128 cm³/mol. The molecular formula is C25H22N6O3. The number of ether oxygens (including phenoxy) is 2. The molecule has 3 aromatic rings. The monoisotopic (exact) mass is 454 g/mol. The first kappa shape index (κ1) is 20.2. The van der Waals surface area contributed by atoms with E-state index in [0.717, 1.165) is 22.9 Å². The Labute approximate surface area is 194 Å². The van der Waals surface area contributed by atoms with Crippen molar-refractivity contribution in [1.29, 1.82) is 0 Å². The van der Waals surface area contributed by atoms with Crippen LogP contribution < -0.4 is 20.3 Å². The number of aromatic nitrogens is 5. The average molecular weight is 454 g/mol. The Bertz CT molecular complexity index is 1510. The summed E-state index contributed by atoms with van der Waals surface area (Å²) in [5, 5.41) is 10.8. The molecule has 3 aliphatic rings. The number of hydrogen-bond acceptors (Lipinski definition) is 7. The fourth-order valence-electron chi connectivity index (χ4n) is 4.38. The van der Waals surface area contributed by atoms with Crippen molar-refractivity contribution in [1.82, 2.24) is 24.7 Å². The van der Waals surface area contributed by atoms with Gasteiger partial charge in [-0.1, -0.05) is 37.3 Å². The molecule has 3 aliphatic heterocycles. The van der Waals surface area contributed by atoms with Crippen LogP contribution in [0.4, 0.5) is 5.95 Å². The number of aromatic amines is 1. The van der Waals surface area contributed by atoms with E-state index in [-0.39, 0.29) is 11.7 Å². The van der Waals surface area contributed by atoms with Crippen molar-refractivity contribution in [2.45, 2.75) is 19.4 Å². The molecule has 0 aliphatic carbocycles. The summed E-state index contributed by atoms with van der Waals surface area (Å²) in [6.45, 7) is 2.92. The molecule has 0 amide bonds. The summed E-state index contributed by atoms with van der Waals surface area (Å²) in [6.07, 6.45) is 2.16. The van der Waals surface area contributed by atoms with Crippen LogP contribution >= 0.6 is 0 Å². The molecule has 9 nitrogen and oxygen atoms in total. The maximum atomic E-state index is 12.6. The van der Waals surface area contributed by atoms with Crippen LogP contribution in [-0.2, 0) is 6.42 Å². The number of anilines is 1. The van der Waals surface area contributed by atoms with Gasteiger partial charge in [-0.25, -0.2) is 10.1 Å². The second-order valence-electron chi connectivity index (χ2n) is 8.06. The lowest BCUT2D eigenvalue weighted by molar-refractivity contribution is 0.0996. The van der Waals surface area contributed by atoms with Crippen molar-refractivity contribution in [3.05, 3.63) is 76.8 Å². The number of hydrogen-bond donors (Lipinski definition) is 2. The summed E-state index contributed by atoms with van der Waals surface area (Å²) < 4.78 is 13.8. The highest BCUT2D eigenvalue weighted by atomic mass is 16.6. The van der Waals surface area contributed by atoms with E-state index in [4.69, 9.17) is 14.5 Å². The summed E-state index contributed by atoms with van der Waals surface area (Å²) in [7, 11) is 0. The Hall–Kier alpha value is -4.40. The van der Waals surface area contributed by atoms with Crippen LogP contribution in [-0.4, -0.2) is 44.0 Å². The van der Waals surface area contributed by atoms with Gasteiger partial charge in [0, 0.05) is 17.6 Å². The van der Waals surface area contributed by atoms with Gasteiger partial charge in [-0.05, 0) is 30.7 Å². The SMILES string of the molecule is CCc1c2c(=O)[nH]nc-2c2cnc(NC[C@H]3COc4ccccc4O3)nc2n1-c1ccccc1. The van der Waals surface area contributed by atoms with Gasteiger partial charge < -0.3 is 14.8 Å². The Kier molecular flexibility index (Phi) is 4.87. The number of fused-ring (bicyclic) bond motifs is 4. The quantitative estimate of drug-likeness (QED) is 0.419. The van der Waals surface area contributed by atoms with Crippen molar-refractivity contribution < 1.29 is 9.47 Å². The number of nitrogens with zero attached hydrogens (tertiary/aromatic N) is 4. The number of para-hydroxylation sites is 3. The van der Waals surface area contributed by atoms with Crippen molar-refractivity contribution in [2.24, 2.45) is 0 Å². The van der Waals surface area contributed by atoms with E-state index in [1.54, 1.807) is 6.20 Å². The fourth-order valence-corrected chi connectivity index (χ4v) is 4.38. The predicted octanol–water partition coefficient (Wildman–Crippen LogP) is 3.42. The minimum atomic E-state index is -0.213. The van der Waals surface area contributed by atoms with Crippen LogP contribution in [0.3, 0.4) is 0 Å². The second kappa shape index (κ2) is 8.18. The lowest BCUT2D eigenvalue weighted by atomic mass is 10.0. The Balaban J connectivity index is 1.41. The molecule has 9 heteroatoms. The third-order valence-corrected chi connectivity index (χ3v) is 5.93. The zero-order chi connectivity index (χ0) is 23.1. The summed E-state index contributed by atoms with van der Waals surface area (Å²) in [4.78, 5) is 21.9. The van der Waals surface area contributed by atoms with Gasteiger partial charge in [0.15, 0.2) is 17.1 Å². The highest BCUT2D eigenvalue weighted by Crippen LogP contribution is 2.33. The Morgan fingerprint density at radius 3 is 2.74 bits per heavy atom.